The third-order valence-corrected chi connectivity index (χ3v) is 3.15. The lowest BCUT2D eigenvalue weighted by Gasteiger charge is -2.17. The summed E-state index contributed by atoms with van der Waals surface area (Å²) in [5, 5.41) is 0. The fraction of sp³-hybridized carbons (Fsp3) is 0.727. The van der Waals surface area contributed by atoms with Crippen LogP contribution < -0.4 is 0 Å². The first-order valence-electron chi connectivity index (χ1n) is 5.13. The first kappa shape index (κ1) is 9.71. The Morgan fingerprint density at radius 2 is 2.43 bits per heavy atom. The Labute approximate surface area is 84.1 Å². The number of hydrogen-bond donors (Lipinski definition) is 0. The van der Waals surface area contributed by atoms with Crippen LogP contribution >= 0.6 is 0 Å². The molecule has 0 radical (unpaired) electrons. The van der Waals surface area contributed by atoms with Crippen molar-refractivity contribution in [2.45, 2.75) is 45.3 Å². The van der Waals surface area contributed by atoms with Gasteiger partial charge < -0.3 is 9.47 Å². The lowest BCUT2D eigenvalue weighted by molar-refractivity contribution is -0.138. The summed E-state index contributed by atoms with van der Waals surface area (Å²) < 4.78 is 10.6. The molecule has 1 aliphatic carbocycles. The highest BCUT2D eigenvalue weighted by Crippen LogP contribution is 2.49. The van der Waals surface area contributed by atoms with Gasteiger partial charge in [-0.15, -0.1) is 0 Å². The number of fused-ring (bicyclic) bond motifs is 1. The van der Waals surface area contributed by atoms with E-state index in [1.807, 2.05) is 13.8 Å². The molecule has 0 saturated carbocycles. The fourth-order valence-corrected chi connectivity index (χ4v) is 2.18. The highest BCUT2D eigenvalue weighted by molar-refractivity contribution is 5.90. The van der Waals surface area contributed by atoms with Crippen molar-refractivity contribution >= 4 is 5.97 Å². The molecule has 3 nitrogen and oxygen atoms in total. The standard InChI is InChI=1S/C11H16O3/c1-4-13-10(12)8-5-6-11(3)9(14-11)7(8)2/h9H,4-6H2,1-3H3. The summed E-state index contributed by atoms with van der Waals surface area (Å²) in [5.74, 6) is -0.164. The van der Waals surface area contributed by atoms with Crippen molar-refractivity contribution in [3.8, 4) is 0 Å². The Hall–Kier alpha value is -0.830. The summed E-state index contributed by atoms with van der Waals surface area (Å²) in [7, 11) is 0. The molecule has 2 aliphatic rings. The van der Waals surface area contributed by atoms with Crippen LogP contribution in [0.3, 0.4) is 0 Å². The molecule has 3 heteroatoms. The Morgan fingerprint density at radius 1 is 1.71 bits per heavy atom. The van der Waals surface area contributed by atoms with Crippen molar-refractivity contribution in [1.29, 1.82) is 0 Å². The zero-order chi connectivity index (χ0) is 10.3. The molecule has 0 amide bonds. The van der Waals surface area contributed by atoms with Gasteiger partial charge in [-0.1, -0.05) is 0 Å². The Kier molecular flexibility index (Phi) is 2.14. The van der Waals surface area contributed by atoms with E-state index < -0.39 is 0 Å². The van der Waals surface area contributed by atoms with Crippen molar-refractivity contribution < 1.29 is 14.3 Å². The summed E-state index contributed by atoms with van der Waals surface area (Å²) in [4.78, 5) is 11.5. The summed E-state index contributed by atoms with van der Waals surface area (Å²) in [6, 6.07) is 0. The van der Waals surface area contributed by atoms with Crippen LogP contribution in [0.2, 0.25) is 0 Å². The smallest absolute Gasteiger partial charge is 0.334 e. The largest absolute Gasteiger partial charge is 0.463 e. The van der Waals surface area contributed by atoms with Crippen LogP contribution in [0.4, 0.5) is 0 Å². The molecule has 0 N–H and O–H groups in total. The Bertz CT molecular complexity index is 306. The number of epoxide rings is 1. The molecule has 0 spiro atoms. The highest BCUT2D eigenvalue weighted by atomic mass is 16.6. The van der Waals surface area contributed by atoms with Crippen molar-refractivity contribution in [1.82, 2.24) is 0 Å². The number of ether oxygens (including phenoxy) is 2. The Balaban J connectivity index is 2.16. The van der Waals surface area contributed by atoms with Crippen molar-refractivity contribution in [2.24, 2.45) is 0 Å². The topological polar surface area (TPSA) is 38.8 Å². The zero-order valence-electron chi connectivity index (χ0n) is 8.92. The normalized spacial score (nSPS) is 35.2. The monoisotopic (exact) mass is 196 g/mol. The van der Waals surface area contributed by atoms with Gasteiger partial charge in [-0.2, -0.15) is 0 Å². The van der Waals surface area contributed by atoms with Crippen molar-refractivity contribution in [3.05, 3.63) is 11.1 Å². The predicted octanol–water partition coefficient (Wildman–Crippen LogP) is 1.82. The number of carbonyl (C=O) groups is 1. The molecule has 2 atom stereocenters. The molecule has 1 aliphatic heterocycles. The van der Waals surface area contributed by atoms with E-state index in [9.17, 15) is 4.79 Å². The first-order valence-corrected chi connectivity index (χ1v) is 5.13. The number of hydrogen-bond acceptors (Lipinski definition) is 3. The van der Waals surface area contributed by atoms with Gasteiger partial charge in [0.25, 0.3) is 0 Å². The second kappa shape index (κ2) is 3.09. The maximum absolute atomic E-state index is 11.5. The molecule has 0 aromatic rings. The maximum Gasteiger partial charge on any atom is 0.334 e. The van der Waals surface area contributed by atoms with Crippen LogP contribution in [-0.4, -0.2) is 24.3 Å². The van der Waals surface area contributed by atoms with E-state index in [4.69, 9.17) is 9.47 Å². The molecular weight excluding hydrogens is 180 g/mol. The molecule has 14 heavy (non-hydrogen) atoms. The van der Waals surface area contributed by atoms with Gasteiger partial charge in [-0.05, 0) is 39.2 Å². The summed E-state index contributed by atoms with van der Waals surface area (Å²) >= 11 is 0. The average molecular weight is 196 g/mol. The van der Waals surface area contributed by atoms with Crippen molar-refractivity contribution in [2.75, 3.05) is 6.61 Å². The lowest BCUT2D eigenvalue weighted by atomic mass is 9.86. The third kappa shape index (κ3) is 1.36. The third-order valence-electron chi connectivity index (χ3n) is 3.15. The minimum absolute atomic E-state index is 0.0140. The molecule has 2 unspecified atom stereocenters. The second-order valence-electron chi connectivity index (χ2n) is 4.19. The quantitative estimate of drug-likeness (QED) is 0.499. The Morgan fingerprint density at radius 3 is 3.07 bits per heavy atom. The summed E-state index contributed by atoms with van der Waals surface area (Å²) in [6.45, 7) is 6.34. The molecular formula is C11H16O3. The van der Waals surface area contributed by atoms with Gasteiger partial charge in [0.15, 0.2) is 0 Å². The predicted molar refractivity (Wildman–Crippen MR) is 51.8 cm³/mol. The molecule has 0 bridgehead atoms. The SMILES string of the molecule is CCOC(=O)C1=C(C)C2OC2(C)CC1. The molecule has 1 heterocycles. The van der Waals surface area contributed by atoms with Gasteiger partial charge in [0, 0.05) is 5.57 Å². The molecule has 78 valence electrons. The first-order chi connectivity index (χ1) is 6.58. The summed E-state index contributed by atoms with van der Waals surface area (Å²) in [5.41, 5.74) is 1.91. The average Bonchev–Trinajstić information content (AvgIpc) is 2.79. The van der Waals surface area contributed by atoms with Gasteiger partial charge in [-0.3, -0.25) is 0 Å². The molecule has 1 saturated heterocycles. The van der Waals surface area contributed by atoms with Crippen LogP contribution in [0.15, 0.2) is 11.1 Å². The minimum Gasteiger partial charge on any atom is -0.463 e. The van der Waals surface area contributed by atoms with Gasteiger partial charge in [0.1, 0.15) is 6.10 Å². The molecule has 2 rings (SSSR count). The summed E-state index contributed by atoms with van der Waals surface area (Å²) in [6.07, 6.45) is 1.89. The van der Waals surface area contributed by atoms with E-state index in [0.29, 0.717) is 6.61 Å². The van der Waals surface area contributed by atoms with E-state index in [1.165, 1.54) is 0 Å². The van der Waals surface area contributed by atoms with Gasteiger partial charge in [0.05, 0.1) is 12.2 Å². The molecule has 0 aromatic carbocycles. The highest BCUT2D eigenvalue weighted by Gasteiger charge is 2.56. The maximum atomic E-state index is 11.5. The number of carbonyl (C=O) groups excluding carboxylic acids is 1. The van der Waals surface area contributed by atoms with Crippen LogP contribution in [-0.2, 0) is 14.3 Å². The van der Waals surface area contributed by atoms with Gasteiger partial charge in [0.2, 0.25) is 0 Å². The van der Waals surface area contributed by atoms with E-state index in [0.717, 1.165) is 24.0 Å². The second-order valence-corrected chi connectivity index (χ2v) is 4.19. The van der Waals surface area contributed by atoms with E-state index in [2.05, 4.69) is 6.92 Å². The van der Waals surface area contributed by atoms with Crippen LogP contribution in [0, 0.1) is 0 Å². The minimum atomic E-state index is -0.164. The fourth-order valence-electron chi connectivity index (χ4n) is 2.18. The van der Waals surface area contributed by atoms with Crippen molar-refractivity contribution in [3.63, 3.8) is 0 Å². The van der Waals surface area contributed by atoms with Crippen LogP contribution in [0.1, 0.15) is 33.6 Å². The van der Waals surface area contributed by atoms with Crippen LogP contribution in [0.5, 0.6) is 0 Å². The lowest BCUT2D eigenvalue weighted by Crippen LogP contribution is -2.21. The van der Waals surface area contributed by atoms with E-state index in [-0.39, 0.29) is 17.7 Å². The number of esters is 1. The van der Waals surface area contributed by atoms with Crippen LogP contribution in [0.25, 0.3) is 0 Å². The van der Waals surface area contributed by atoms with Gasteiger partial charge >= 0.3 is 5.97 Å². The molecule has 1 fully saturated rings. The number of rotatable bonds is 2. The van der Waals surface area contributed by atoms with E-state index >= 15 is 0 Å². The van der Waals surface area contributed by atoms with Gasteiger partial charge in [-0.25, -0.2) is 4.79 Å². The molecule has 0 aromatic heterocycles. The zero-order valence-corrected chi connectivity index (χ0v) is 8.92. The van der Waals surface area contributed by atoms with E-state index in [1.54, 1.807) is 0 Å².